The standard InChI is InChI=1S/C29H31F3N6O5/c1-15-13-38(14-21(33)26(15)37-29(40)41)24-4-7-34-12-23(24)36-28(39)22-3-2-18(30)27(35-22)25-19(31)10-17(11-20(25)32)43-16-5-8-42-9-6-16/h2-4,7,10-12,15-16,21,26,37H,5-6,8-9,13-14,33H2,1H3,(H,36,39)(H,40,41). The van der Waals surface area contributed by atoms with Crippen LogP contribution in [0, 0.1) is 23.4 Å². The first-order chi connectivity index (χ1) is 20.6. The van der Waals surface area contributed by atoms with Crippen LogP contribution in [0.25, 0.3) is 11.3 Å². The first-order valence-corrected chi connectivity index (χ1v) is 13.8. The molecule has 3 unspecified atom stereocenters. The fourth-order valence-electron chi connectivity index (χ4n) is 5.43. The normalized spacial score (nSPS) is 20.9. The smallest absolute Gasteiger partial charge is 0.404 e. The maximum atomic E-state index is 15.1. The van der Waals surface area contributed by atoms with Crippen LogP contribution in [0.2, 0.25) is 0 Å². The molecule has 4 heterocycles. The van der Waals surface area contributed by atoms with Crippen LogP contribution in [0.1, 0.15) is 30.3 Å². The Morgan fingerprint density at radius 3 is 2.49 bits per heavy atom. The van der Waals surface area contributed by atoms with Crippen LogP contribution in [0.5, 0.6) is 5.75 Å². The molecule has 0 bridgehead atoms. The van der Waals surface area contributed by atoms with Crippen molar-refractivity contribution in [1.29, 1.82) is 0 Å². The fraction of sp³-hybridized carbons (Fsp3) is 0.379. The number of aromatic nitrogens is 2. The summed E-state index contributed by atoms with van der Waals surface area (Å²) in [5.74, 6) is -4.17. The van der Waals surface area contributed by atoms with Crippen molar-refractivity contribution in [3.63, 3.8) is 0 Å². The third kappa shape index (κ3) is 6.81. The molecule has 2 amide bonds. The van der Waals surface area contributed by atoms with Gasteiger partial charge in [0.05, 0.1) is 42.4 Å². The lowest BCUT2D eigenvalue weighted by atomic mass is 9.90. The van der Waals surface area contributed by atoms with E-state index in [1.165, 1.54) is 12.4 Å². The molecule has 2 saturated heterocycles. The third-order valence-corrected chi connectivity index (χ3v) is 7.49. The maximum absolute atomic E-state index is 15.1. The van der Waals surface area contributed by atoms with E-state index >= 15 is 8.78 Å². The number of benzene rings is 1. The highest BCUT2D eigenvalue weighted by Crippen LogP contribution is 2.33. The van der Waals surface area contributed by atoms with Gasteiger partial charge < -0.3 is 35.8 Å². The van der Waals surface area contributed by atoms with E-state index in [9.17, 15) is 14.0 Å². The highest BCUT2D eigenvalue weighted by atomic mass is 19.1. The van der Waals surface area contributed by atoms with Crippen molar-refractivity contribution in [2.45, 2.75) is 38.0 Å². The zero-order valence-corrected chi connectivity index (χ0v) is 23.2. The lowest BCUT2D eigenvalue weighted by molar-refractivity contribution is 0.0253. The van der Waals surface area contributed by atoms with Crippen molar-refractivity contribution in [1.82, 2.24) is 15.3 Å². The van der Waals surface area contributed by atoms with Gasteiger partial charge in [0.25, 0.3) is 5.91 Å². The molecular weight excluding hydrogens is 569 g/mol. The van der Waals surface area contributed by atoms with Crippen molar-refractivity contribution < 1.29 is 37.3 Å². The Bertz CT molecular complexity index is 1470. The largest absolute Gasteiger partial charge is 0.490 e. The Hall–Kier alpha value is -4.43. The molecule has 5 rings (SSSR count). The van der Waals surface area contributed by atoms with Gasteiger partial charge in [0.15, 0.2) is 0 Å². The average Bonchev–Trinajstić information content (AvgIpc) is 2.96. The number of ether oxygens (including phenoxy) is 2. The van der Waals surface area contributed by atoms with Gasteiger partial charge in [0, 0.05) is 50.3 Å². The minimum atomic E-state index is -1.16. The van der Waals surface area contributed by atoms with Crippen molar-refractivity contribution in [2.24, 2.45) is 11.7 Å². The average molecular weight is 601 g/mol. The monoisotopic (exact) mass is 600 g/mol. The number of rotatable bonds is 7. The quantitative estimate of drug-likeness (QED) is 0.317. The number of carbonyl (C=O) groups excluding carboxylic acids is 1. The topological polar surface area (TPSA) is 152 Å². The van der Waals surface area contributed by atoms with Gasteiger partial charge in [0.1, 0.15) is 40.7 Å². The van der Waals surface area contributed by atoms with Gasteiger partial charge in [-0.1, -0.05) is 6.92 Å². The maximum Gasteiger partial charge on any atom is 0.404 e. The molecule has 0 radical (unpaired) electrons. The van der Waals surface area contributed by atoms with Gasteiger partial charge in [-0.2, -0.15) is 0 Å². The molecule has 43 heavy (non-hydrogen) atoms. The summed E-state index contributed by atoms with van der Waals surface area (Å²) in [5.41, 5.74) is 5.44. The summed E-state index contributed by atoms with van der Waals surface area (Å²) in [4.78, 5) is 34.3. The molecule has 3 atom stereocenters. The number of anilines is 2. The Kier molecular flexibility index (Phi) is 8.97. The SMILES string of the molecule is CC1CN(c2ccncc2NC(=O)c2ccc(F)c(-c3c(F)cc(OC4CCOCC4)cc3F)n2)CC(N)C1NC(=O)O. The van der Waals surface area contributed by atoms with E-state index in [2.05, 4.69) is 20.6 Å². The summed E-state index contributed by atoms with van der Waals surface area (Å²) in [7, 11) is 0. The van der Waals surface area contributed by atoms with Gasteiger partial charge in [-0.25, -0.2) is 22.9 Å². The van der Waals surface area contributed by atoms with E-state index in [1.807, 2.05) is 11.8 Å². The molecule has 2 aliphatic rings. The predicted molar refractivity (Wildman–Crippen MR) is 151 cm³/mol. The van der Waals surface area contributed by atoms with Gasteiger partial charge in [-0.05, 0) is 24.1 Å². The van der Waals surface area contributed by atoms with Gasteiger partial charge >= 0.3 is 6.09 Å². The number of piperidine rings is 1. The molecule has 2 aromatic heterocycles. The first kappa shape index (κ1) is 30.0. The number of carbonyl (C=O) groups is 2. The van der Waals surface area contributed by atoms with Crippen LogP contribution in [0.15, 0.2) is 42.7 Å². The second kappa shape index (κ2) is 12.8. The number of nitrogens with one attached hydrogen (secondary N) is 2. The lowest BCUT2D eigenvalue weighted by Gasteiger charge is -2.42. The number of pyridine rings is 2. The van der Waals surface area contributed by atoms with Crippen LogP contribution in [-0.4, -0.2) is 71.6 Å². The molecule has 1 aromatic carbocycles. The van der Waals surface area contributed by atoms with Crippen LogP contribution in [-0.2, 0) is 4.74 Å². The molecular formula is C29H31F3N6O5. The molecule has 14 heteroatoms. The molecule has 228 valence electrons. The molecule has 2 aliphatic heterocycles. The fourth-order valence-corrected chi connectivity index (χ4v) is 5.43. The molecule has 5 N–H and O–H groups in total. The third-order valence-electron chi connectivity index (χ3n) is 7.49. The van der Waals surface area contributed by atoms with E-state index < -0.39 is 52.8 Å². The Labute approximate surface area is 245 Å². The van der Waals surface area contributed by atoms with E-state index in [-0.39, 0.29) is 35.7 Å². The highest BCUT2D eigenvalue weighted by Gasteiger charge is 2.34. The zero-order chi connectivity index (χ0) is 30.7. The lowest BCUT2D eigenvalue weighted by Crippen LogP contribution is -2.61. The van der Waals surface area contributed by atoms with E-state index in [0.717, 1.165) is 24.3 Å². The summed E-state index contributed by atoms with van der Waals surface area (Å²) >= 11 is 0. The number of nitrogens with two attached hydrogens (primary N) is 1. The van der Waals surface area contributed by atoms with Crippen LogP contribution in [0.3, 0.4) is 0 Å². The van der Waals surface area contributed by atoms with Crippen molar-refractivity contribution in [3.8, 4) is 17.0 Å². The van der Waals surface area contributed by atoms with Crippen molar-refractivity contribution in [3.05, 3.63) is 65.9 Å². The molecule has 11 nitrogen and oxygen atoms in total. The second-order valence-electron chi connectivity index (χ2n) is 10.6. The van der Waals surface area contributed by atoms with Gasteiger partial charge in [-0.3, -0.25) is 9.78 Å². The summed E-state index contributed by atoms with van der Waals surface area (Å²) in [6.45, 7) is 3.53. The molecule has 0 aliphatic carbocycles. The molecule has 3 aromatic rings. The number of hydrogen-bond acceptors (Lipinski definition) is 8. The van der Waals surface area contributed by atoms with E-state index in [4.69, 9.17) is 20.3 Å². The summed E-state index contributed by atoms with van der Waals surface area (Å²) in [6, 6.07) is 4.61. The minimum Gasteiger partial charge on any atom is -0.490 e. The molecule has 0 saturated carbocycles. The number of carboxylic acid groups (broad SMARTS) is 1. The van der Waals surface area contributed by atoms with Gasteiger partial charge in [0.2, 0.25) is 0 Å². The highest BCUT2D eigenvalue weighted by molar-refractivity contribution is 6.04. The second-order valence-corrected chi connectivity index (χ2v) is 10.6. The Morgan fingerprint density at radius 2 is 1.81 bits per heavy atom. The number of halogens is 3. The van der Waals surface area contributed by atoms with E-state index in [1.54, 1.807) is 6.07 Å². The predicted octanol–water partition coefficient (Wildman–Crippen LogP) is 3.79. The van der Waals surface area contributed by atoms with E-state index in [0.29, 0.717) is 38.3 Å². The van der Waals surface area contributed by atoms with Crippen molar-refractivity contribution >= 4 is 23.4 Å². The van der Waals surface area contributed by atoms with Crippen LogP contribution < -0.4 is 26.0 Å². The molecule has 0 spiro atoms. The summed E-state index contributed by atoms with van der Waals surface area (Å²) in [6.07, 6.45) is 2.66. The zero-order valence-electron chi connectivity index (χ0n) is 23.2. The summed E-state index contributed by atoms with van der Waals surface area (Å²) in [5, 5.41) is 14.3. The first-order valence-electron chi connectivity index (χ1n) is 13.8. The minimum absolute atomic E-state index is 0.0409. The van der Waals surface area contributed by atoms with Crippen LogP contribution in [0.4, 0.5) is 29.3 Å². The van der Waals surface area contributed by atoms with Crippen LogP contribution >= 0.6 is 0 Å². The Balaban J connectivity index is 1.36. The number of nitrogens with zero attached hydrogens (tertiary/aromatic N) is 3. The Morgan fingerprint density at radius 1 is 1.09 bits per heavy atom. The molecule has 2 fully saturated rings. The van der Waals surface area contributed by atoms with Gasteiger partial charge in [-0.15, -0.1) is 0 Å². The van der Waals surface area contributed by atoms with Crippen molar-refractivity contribution in [2.75, 3.05) is 36.5 Å². The number of hydrogen-bond donors (Lipinski definition) is 4. The number of amides is 2. The summed E-state index contributed by atoms with van der Waals surface area (Å²) < 4.78 is 56.0.